The maximum atomic E-state index is 11.5. The van der Waals surface area contributed by atoms with Crippen LogP contribution in [-0.4, -0.2) is 34.5 Å². The van der Waals surface area contributed by atoms with Gasteiger partial charge in [0.05, 0.1) is 13.2 Å². The number of phenolic OH excluding ortho intramolecular Hbond substituents is 1. The monoisotopic (exact) mass is 394 g/mol. The number of hydrogen-bond donors (Lipinski definition) is 3. The van der Waals surface area contributed by atoms with E-state index in [-0.39, 0.29) is 23.2 Å². The van der Waals surface area contributed by atoms with Gasteiger partial charge in [0, 0.05) is 6.07 Å². The lowest BCUT2D eigenvalue weighted by Crippen LogP contribution is -2.06. The van der Waals surface area contributed by atoms with Crippen molar-refractivity contribution in [1.82, 2.24) is 0 Å². The Bertz CT molecular complexity index is 568. The summed E-state index contributed by atoms with van der Waals surface area (Å²) in [6.07, 6.45) is 14.5. The Labute approximate surface area is 169 Å². The molecule has 0 bridgehead atoms. The third kappa shape index (κ3) is 9.98. The molecule has 3 N–H and O–H groups in total. The minimum atomic E-state index is -1.02. The number of ether oxygens (including phenoxy) is 1. The number of aromatic hydroxyl groups is 1. The molecule has 5 heteroatoms. The highest BCUT2D eigenvalue weighted by Gasteiger charge is 2.17. The molecule has 0 aliphatic rings. The van der Waals surface area contributed by atoms with E-state index in [2.05, 4.69) is 0 Å². The Morgan fingerprint density at radius 1 is 0.929 bits per heavy atom. The Morgan fingerprint density at radius 3 is 1.89 bits per heavy atom. The van der Waals surface area contributed by atoms with Crippen LogP contribution in [0.15, 0.2) is 12.1 Å². The lowest BCUT2D eigenvalue weighted by Gasteiger charge is -2.11. The first-order chi connectivity index (χ1) is 13.5. The van der Waals surface area contributed by atoms with Gasteiger partial charge in [-0.2, -0.15) is 0 Å². The fourth-order valence-corrected chi connectivity index (χ4v) is 3.60. The van der Waals surface area contributed by atoms with Crippen molar-refractivity contribution >= 4 is 5.97 Å². The largest absolute Gasteiger partial charge is 0.508 e. The van der Waals surface area contributed by atoms with Crippen molar-refractivity contribution in [3.63, 3.8) is 0 Å². The topological polar surface area (TPSA) is 87.0 Å². The number of carboxylic acid groups (broad SMARTS) is 1. The van der Waals surface area contributed by atoms with Gasteiger partial charge >= 0.3 is 5.97 Å². The van der Waals surface area contributed by atoms with Crippen LogP contribution in [0.3, 0.4) is 0 Å². The average Bonchev–Trinajstić information content (AvgIpc) is 2.64. The number of methoxy groups -OCH3 is 1. The smallest absolute Gasteiger partial charge is 0.339 e. The van der Waals surface area contributed by atoms with Gasteiger partial charge < -0.3 is 20.1 Å². The molecule has 0 radical (unpaired) electrons. The van der Waals surface area contributed by atoms with E-state index in [1.165, 1.54) is 64.2 Å². The number of rotatable bonds is 16. The van der Waals surface area contributed by atoms with Gasteiger partial charge in [0.1, 0.15) is 17.1 Å². The zero-order chi connectivity index (χ0) is 20.8. The van der Waals surface area contributed by atoms with Gasteiger partial charge in [0.2, 0.25) is 0 Å². The summed E-state index contributed by atoms with van der Waals surface area (Å²) in [7, 11) is 1.42. The Morgan fingerprint density at radius 2 is 1.43 bits per heavy atom. The normalized spacial score (nSPS) is 12.1. The van der Waals surface area contributed by atoms with Crippen LogP contribution in [0.5, 0.6) is 11.5 Å². The summed E-state index contributed by atoms with van der Waals surface area (Å²) in [5.74, 6) is -0.756. The van der Waals surface area contributed by atoms with E-state index in [9.17, 15) is 20.1 Å². The average molecular weight is 395 g/mol. The van der Waals surface area contributed by atoms with Crippen LogP contribution in [-0.2, 0) is 6.42 Å². The third-order valence-corrected chi connectivity index (χ3v) is 5.17. The van der Waals surface area contributed by atoms with E-state index in [1.807, 2.05) is 6.92 Å². The second kappa shape index (κ2) is 14.3. The highest BCUT2D eigenvalue weighted by atomic mass is 16.5. The van der Waals surface area contributed by atoms with E-state index in [4.69, 9.17) is 4.74 Å². The molecular formula is C23H38O5. The number of hydrogen-bond acceptors (Lipinski definition) is 4. The summed E-state index contributed by atoms with van der Waals surface area (Å²) in [4.78, 5) is 11.5. The summed E-state index contributed by atoms with van der Waals surface area (Å²) < 4.78 is 5.10. The summed E-state index contributed by atoms with van der Waals surface area (Å²) in [5, 5.41) is 28.4. The van der Waals surface area contributed by atoms with Gasteiger partial charge in [0.15, 0.2) is 0 Å². The van der Waals surface area contributed by atoms with Gasteiger partial charge in [-0.05, 0) is 37.8 Å². The highest BCUT2D eigenvalue weighted by molar-refractivity contribution is 5.93. The molecule has 0 heterocycles. The molecule has 0 amide bonds. The SMILES string of the molecule is COc1cc(O)cc(CCCCCCCCCCCCC[C@@H](C)O)c1C(=O)O. The van der Waals surface area contributed by atoms with Crippen LogP contribution in [0.25, 0.3) is 0 Å². The van der Waals surface area contributed by atoms with Gasteiger partial charge in [-0.3, -0.25) is 0 Å². The number of carbonyl (C=O) groups is 1. The summed E-state index contributed by atoms with van der Waals surface area (Å²) in [6, 6.07) is 2.88. The first-order valence-corrected chi connectivity index (χ1v) is 10.8. The molecule has 0 saturated carbocycles. The fraction of sp³-hybridized carbons (Fsp3) is 0.696. The lowest BCUT2D eigenvalue weighted by atomic mass is 9.99. The van der Waals surface area contributed by atoms with E-state index in [0.717, 1.165) is 32.1 Å². The number of aliphatic hydroxyl groups is 1. The molecule has 5 nitrogen and oxygen atoms in total. The Balaban J connectivity index is 2.12. The van der Waals surface area contributed by atoms with Gasteiger partial charge in [-0.1, -0.05) is 64.2 Å². The summed E-state index contributed by atoms with van der Waals surface area (Å²) >= 11 is 0. The molecule has 1 atom stereocenters. The van der Waals surface area contributed by atoms with Crippen LogP contribution < -0.4 is 4.74 Å². The van der Waals surface area contributed by atoms with Crippen LogP contribution in [0.1, 0.15) is 99.9 Å². The minimum absolute atomic E-state index is 0.0442. The third-order valence-electron chi connectivity index (χ3n) is 5.17. The number of benzene rings is 1. The molecule has 0 unspecified atom stereocenters. The minimum Gasteiger partial charge on any atom is -0.508 e. The zero-order valence-electron chi connectivity index (χ0n) is 17.6. The number of aromatic carboxylic acids is 1. The summed E-state index contributed by atoms with van der Waals surface area (Å²) in [6.45, 7) is 1.85. The van der Waals surface area contributed by atoms with Crippen molar-refractivity contribution < 1.29 is 24.9 Å². The quantitative estimate of drug-likeness (QED) is 0.313. The molecule has 0 saturated heterocycles. The molecule has 0 aliphatic carbocycles. The van der Waals surface area contributed by atoms with Crippen molar-refractivity contribution in [2.45, 2.75) is 96.5 Å². The van der Waals surface area contributed by atoms with Crippen LogP contribution in [0.4, 0.5) is 0 Å². The van der Waals surface area contributed by atoms with E-state index >= 15 is 0 Å². The van der Waals surface area contributed by atoms with E-state index < -0.39 is 5.97 Å². The lowest BCUT2D eigenvalue weighted by molar-refractivity contribution is 0.0692. The molecule has 28 heavy (non-hydrogen) atoms. The van der Waals surface area contributed by atoms with E-state index in [1.54, 1.807) is 0 Å². The molecule has 1 aromatic rings. The fourth-order valence-electron chi connectivity index (χ4n) is 3.60. The number of aliphatic hydroxyl groups excluding tert-OH is 1. The van der Waals surface area contributed by atoms with Crippen LogP contribution in [0, 0.1) is 0 Å². The summed E-state index contributed by atoms with van der Waals surface area (Å²) in [5.41, 5.74) is 0.800. The Kier molecular flexibility index (Phi) is 12.4. The van der Waals surface area contributed by atoms with Gasteiger partial charge in [-0.25, -0.2) is 4.79 Å². The predicted octanol–water partition coefficient (Wildman–Crippen LogP) is 5.70. The maximum absolute atomic E-state index is 11.5. The second-order valence-electron chi connectivity index (χ2n) is 7.76. The zero-order valence-corrected chi connectivity index (χ0v) is 17.6. The van der Waals surface area contributed by atoms with Crippen molar-refractivity contribution in [2.75, 3.05) is 7.11 Å². The highest BCUT2D eigenvalue weighted by Crippen LogP contribution is 2.29. The molecule has 0 fully saturated rings. The van der Waals surface area contributed by atoms with Crippen molar-refractivity contribution in [3.05, 3.63) is 23.3 Å². The second-order valence-corrected chi connectivity index (χ2v) is 7.76. The molecular weight excluding hydrogens is 356 g/mol. The molecule has 1 aromatic carbocycles. The molecule has 0 spiro atoms. The number of phenols is 1. The number of aryl methyl sites for hydroxylation is 1. The van der Waals surface area contributed by atoms with Crippen molar-refractivity contribution in [3.8, 4) is 11.5 Å². The Hall–Kier alpha value is -1.75. The molecule has 0 aliphatic heterocycles. The van der Waals surface area contributed by atoms with Gasteiger partial charge in [0.25, 0.3) is 0 Å². The maximum Gasteiger partial charge on any atom is 0.339 e. The first-order valence-electron chi connectivity index (χ1n) is 10.8. The van der Waals surface area contributed by atoms with E-state index in [0.29, 0.717) is 12.0 Å². The standard InChI is InChI=1S/C23H38O5/c1-18(24)14-12-10-8-6-4-3-5-7-9-11-13-15-19-16-20(25)17-21(28-2)22(19)23(26)27/h16-18,24-25H,3-15H2,1-2H3,(H,26,27)/t18-/m1/s1. The molecule has 0 aromatic heterocycles. The molecule has 160 valence electrons. The van der Waals surface area contributed by atoms with Crippen molar-refractivity contribution in [1.29, 1.82) is 0 Å². The number of carboxylic acids is 1. The molecule has 1 rings (SSSR count). The first kappa shape index (κ1) is 24.3. The van der Waals surface area contributed by atoms with Gasteiger partial charge in [-0.15, -0.1) is 0 Å². The van der Waals surface area contributed by atoms with Crippen molar-refractivity contribution in [2.24, 2.45) is 0 Å². The number of unbranched alkanes of at least 4 members (excludes halogenated alkanes) is 10. The predicted molar refractivity (Wildman–Crippen MR) is 112 cm³/mol. The van der Waals surface area contributed by atoms with Crippen LogP contribution >= 0.6 is 0 Å². The van der Waals surface area contributed by atoms with Crippen LogP contribution in [0.2, 0.25) is 0 Å².